The highest BCUT2D eigenvalue weighted by Gasteiger charge is 2.26. The fourth-order valence-corrected chi connectivity index (χ4v) is 2.58. The van der Waals surface area contributed by atoms with Gasteiger partial charge >= 0.3 is 0 Å². The molecule has 2 heteroatoms. The Kier molecular flexibility index (Phi) is 4.19. The van der Waals surface area contributed by atoms with Crippen LogP contribution < -0.4 is 5.32 Å². The molecule has 1 aliphatic rings. The lowest BCUT2D eigenvalue weighted by molar-refractivity contribution is 0.0984. The van der Waals surface area contributed by atoms with Crippen molar-refractivity contribution in [1.82, 2.24) is 5.32 Å². The Hall–Kier alpha value is -0.0800. The highest BCUT2D eigenvalue weighted by atomic mass is 16.5. The third-order valence-electron chi connectivity index (χ3n) is 2.80. The third-order valence-corrected chi connectivity index (χ3v) is 2.80. The predicted octanol–water partition coefficient (Wildman–Crippen LogP) is 2.97. The fourth-order valence-electron chi connectivity index (χ4n) is 2.58. The summed E-state index contributed by atoms with van der Waals surface area (Å²) in [5, 5.41) is 3.63. The molecule has 1 N–H and O–H groups in total. The molecule has 2 nitrogen and oxygen atoms in total. The van der Waals surface area contributed by atoms with Crippen LogP contribution >= 0.6 is 0 Å². The lowest BCUT2D eigenvalue weighted by Gasteiger charge is -2.34. The van der Waals surface area contributed by atoms with Crippen LogP contribution in [-0.4, -0.2) is 24.8 Å². The van der Waals surface area contributed by atoms with Gasteiger partial charge in [-0.15, -0.1) is 0 Å². The SMILES string of the molecule is CC(C)(C)CC(C)(C)NC[C@@H]1CCCO1. The Morgan fingerprint density at radius 2 is 1.87 bits per heavy atom. The molecular formula is C13H27NO. The summed E-state index contributed by atoms with van der Waals surface area (Å²) in [7, 11) is 0. The van der Waals surface area contributed by atoms with Crippen molar-refractivity contribution in [2.75, 3.05) is 13.2 Å². The van der Waals surface area contributed by atoms with Crippen LogP contribution in [0.15, 0.2) is 0 Å². The topological polar surface area (TPSA) is 21.3 Å². The zero-order valence-electron chi connectivity index (χ0n) is 11.0. The lowest BCUT2D eigenvalue weighted by Crippen LogP contribution is -2.45. The van der Waals surface area contributed by atoms with Gasteiger partial charge in [0.05, 0.1) is 6.10 Å². The first kappa shape index (κ1) is 13.0. The number of ether oxygens (including phenoxy) is 1. The molecule has 0 spiro atoms. The van der Waals surface area contributed by atoms with Crippen LogP contribution in [0.2, 0.25) is 0 Å². The molecule has 0 aliphatic carbocycles. The Labute approximate surface area is 94.8 Å². The molecule has 0 bridgehead atoms. The van der Waals surface area contributed by atoms with E-state index in [2.05, 4.69) is 39.9 Å². The molecule has 0 aromatic carbocycles. The molecule has 0 unspecified atom stereocenters. The second-order valence-electron chi connectivity index (χ2n) is 6.64. The first-order chi connectivity index (χ1) is 6.79. The van der Waals surface area contributed by atoms with Gasteiger partial charge in [-0.1, -0.05) is 20.8 Å². The Morgan fingerprint density at radius 1 is 1.20 bits per heavy atom. The molecule has 1 fully saturated rings. The highest BCUT2D eigenvalue weighted by molar-refractivity contribution is 4.84. The molecular weight excluding hydrogens is 186 g/mol. The summed E-state index contributed by atoms with van der Waals surface area (Å²) in [5.74, 6) is 0. The van der Waals surface area contributed by atoms with Crippen LogP contribution in [0.3, 0.4) is 0 Å². The van der Waals surface area contributed by atoms with Crippen LogP contribution in [0.25, 0.3) is 0 Å². The second-order valence-corrected chi connectivity index (χ2v) is 6.64. The van der Waals surface area contributed by atoms with Gasteiger partial charge in [-0.3, -0.25) is 0 Å². The van der Waals surface area contributed by atoms with Crippen LogP contribution in [0, 0.1) is 5.41 Å². The van der Waals surface area contributed by atoms with Crippen LogP contribution in [0.5, 0.6) is 0 Å². The average molecular weight is 213 g/mol. The normalized spacial score (nSPS) is 23.4. The van der Waals surface area contributed by atoms with Crippen molar-refractivity contribution >= 4 is 0 Å². The molecule has 1 saturated heterocycles. The minimum atomic E-state index is 0.212. The van der Waals surface area contributed by atoms with Crippen LogP contribution in [0.4, 0.5) is 0 Å². The van der Waals surface area contributed by atoms with Gasteiger partial charge in [0.15, 0.2) is 0 Å². The van der Waals surface area contributed by atoms with E-state index < -0.39 is 0 Å². The fraction of sp³-hybridized carbons (Fsp3) is 1.00. The number of hydrogen-bond donors (Lipinski definition) is 1. The van der Waals surface area contributed by atoms with Crippen LogP contribution in [0.1, 0.15) is 53.9 Å². The molecule has 1 atom stereocenters. The summed E-state index contributed by atoms with van der Waals surface area (Å²) in [4.78, 5) is 0. The molecule has 1 heterocycles. The van der Waals surface area contributed by atoms with Gasteiger partial charge in [-0.2, -0.15) is 0 Å². The number of nitrogens with one attached hydrogen (secondary N) is 1. The first-order valence-electron chi connectivity index (χ1n) is 6.15. The molecule has 15 heavy (non-hydrogen) atoms. The van der Waals surface area contributed by atoms with Gasteiger partial charge < -0.3 is 10.1 Å². The van der Waals surface area contributed by atoms with Crippen LogP contribution in [-0.2, 0) is 4.74 Å². The van der Waals surface area contributed by atoms with E-state index in [1.807, 2.05) is 0 Å². The summed E-state index contributed by atoms with van der Waals surface area (Å²) < 4.78 is 5.62. The van der Waals surface area contributed by atoms with Crippen molar-refractivity contribution in [3.05, 3.63) is 0 Å². The van der Waals surface area contributed by atoms with Gasteiger partial charge in [-0.05, 0) is 38.5 Å². The zero-order valence-corrected chi connectivity index (χ0v) is 11.0. The van der Waals surface area contributed by atoms with E-state index in [1.165, 1.54) is 19.3 Å². The van der Waals surface area contributed by atoms with E-state index in [4.69, 9.17) is 4.74 Å². The number of hydrogen-bond acceptors (Lipinski definition) is 2. The number of rotatable bonds is 4. The van der Waals surface area contributed by atoms with E-state index in [-0.39, 0.29) is 5.54 Å². The highest BCUT2D eigenvalue weighted by Crippen LogP contribution is 2.27. The molecule has 0 radical (unpaired) electrons. The van der Waals surface area contributed by atoms with Crippen molar-refractivity contribution < 1.29 is 4.74 Å². The summed E-state index contributed by atoms with van der Waals surface area (Å²) in [5.41, 5.74) is 0.594. The molecule has 0 aromatic rings. The smallest absolute Gasteiger partial charge is 0.0700 e. The minimum absolute atomic E-state index is 0.212. The molecule has 90 valence electrons. The van der Waals surface area contributed by atoms with E-state index in [9.17, 15) is 0 Å². The predicted molar refractivity (Wildman–Crippen MR) is 65.1 cm³/mol. The van der Waals surface area contributed by atoms with Gasteiger partial charge in [0.1, 0.15) is 0 Å². The second kappa shape index (κ2) is 4.84. The maximum absolute atomic E-state index is 5.62. The average Bonchev–Trinajstić information content (AvgIpc) is 2.47. The Morgan fingerprint density at radius 3 is 2.33 bits per heavy atom. The minimum Gasteiger partial charge on any atom is -0.377 e. The van der Waals surface area contributed by atoms with E-state index in [0.717, 1.165) is 13.2 Å². The van der Waals surface area contributed by atoms with E-state index >= 15 is 0 Å². The summed E-state index contributed by atoms with van der Waals surface area (Å²) in [6.07, 6.45) is 4.08. The quantitative estimate of drug-likeness (QED) is 0.775. The molecule has 0 aromatic heterocycles. The van der Waals surface area contributed by atoms with Gasteiger partial charge in [-0.25, -0.2) is 0 Å². The largest absolute Gasteiger partial charge is 0.377 e. The van der Waals surface area contributed by atoms with Crippen molar-refractivity contribution in [3.8, 4) is 0 Å². The lowest BCUT2D eigenvalue weighted by atomic mass is 9.82. The summed E-state index contributed by atoms with van der Waals surface area (Å²) in [6, 6.07) is 0. The maximum atomic E-state index is 5.62. The molecule has 1 rings (SSSR count). The summed E-state index contributed by atoms with van der Waals surface area (Å²) in [6.45, 7) is 13.4. The standard InChI is InChI=1S/C13H27NO/c1-12(2,3)10-13(4,5)14-9-11-7-6-8-15-11/h11,14H,6-10H2,1-5H3/t11-/m0/s1. The van der Waals surface area contributed by atoms with Crippen molar-refractivity contribution in [2.45, 2.75) is 65.5 Å². The molecule has 0 saturated carbocycles. The first-order valence-corrected chi connectivity index (χ1v) is 6.15. The van der Waals surface area contributed by atoms with Gasteiger partial charge in [0, 0.05) is 18.7 Å². The summed E-state index contributed by atoms with van der Waals surface area (Å²) >= 11 is 0. The maximum Gasteiger partial charge on any atom is 0.0700 e. The van der Waals surface area contributed by atoms with Crippen molar-refractivity contribution in [1.29, 1.82) is 0 Å². The Bertz CT molecular complexity index is 187. The van der Waals surface area contributed by atoms with Gasteiger partial charge in [0.2, 0.25) is 0 Å². The van der Waals surface area contributed by atoms with E-state index in [1.54, 1.807) is 0 Å². The Balaban J connectivity index is 2.28. The molecule has 0 amide bonds. The van der Waals surface area contributed by atoms with Crippen molar-refractivity contribution in [2.24, 2.45) is 5.41 Å². The van der Waals surface area contributed by atoms with Crippen molar-refractivity contribution in [3.63, 3.8) is 0 Å². The van der Waals surface area contributed by atoms with E-state index in [0.29, 0.717) is 11.5 Å². The third kappa shape index (κ3) is 5.53. The molecule has 1 aliphatic heterocycles. The monoisotopic (exact) mass is 213 g/mol. The van der Waals surface area contributed by atoms with Gasteiger partial charge in [0.25, 0.3) is 0 Å². The zero-order chi connectivity index (χ0) is 11.5.